The van der Waals surface area contributed by atoms with Crippen molar-refractivity contribution in [2.24, 2.45) is 0 Å². The summed E-state index contributed by atoms with van der Waals surface area (Å²) in [5.74, 6) is 0.573. The standard InChI is InChI=1S/C14H16O5/c1-3-4-10-5-9(7-15)6-11-13(10)19-12(8-18-11)14(16)17-2/h3,5-6,12,15H,1,4,7-8H2,2H3. The van der Waals surface area contributed by atoms with Gasteiger partial charge in [-0.2, -0.15) is 0 Å². The molecule has 1 heterocycles. The maximum atomic E-state index is 11.5. The molecule has 1 aromatic carbocycles. The first kappa shape index (κ1) is 13.4. The maximum Gasteiger partial charge on any atom is 0.350 e. The van der Waals surface area contributed by atoms with Crippen LogP contribution >= 0.6 is 0 Å². The number of benzene rings is 1. The van der Waals surface area contributed by atoms with E-state index in [9.17, 15) is 9.90 Å². The molecule has 1 aliphatic rings. The first-order valence-corrected chi connectivity index (χ1v) is 5.94. The lowest BCUT2D eigenvalue weighted by molar-refractivity contribution is -0.151. The third-order valence-electron chi connectivity index (χ3n) is 2.85. The van der Waals surface area contributed by atoms with Crippen LogP contribution in [0.15, 0.2) is 24.8 Å². The normalized spacial score (nSPS) is 16.8. The number of allylic oxidation sites excluding steroid dienone is 1. The van der Waals surface area contributed by atoms with Crippen LogP contribution < -0.4 is 9.47 Å². The molecular weight excluding hydrogens is 248 g/mol. The van der Waals surface area contributed by atoms with Gasteiger partial charge >= 0.3 is 5.97 Å². The summed E-state index contributed by atoms with van der Waals surface area (Å²) < 4.78 is 15.8. The van der Waals surface area contributed by atoms with Gasteiger partial charge < -0.3 is 19.3 Å². The summed E-state index contributed by atoms with van der Waals surface area (Å²) in [7, 11) is 1.31. The number of ether oxygens (including phenoxy) is 3. The lowest BCUT2D eigenvalue weighted by atomic mass is 10.1. The molecule has 0 saturated heterocycles. The Morgan fingerprint density at radius 3 is 3.05 bits per heavy atom. The Morgan fingerprint density at radius 1 is 1.63 bits per heavy atom. The predicted octanol–water partition coefficient (Wildman–Crippen LogP) is 1.22. The topological polar surface area (TPSA) is 65.0 Å². The van der Waals surface area contributed by atoms with Crippen molar-refractivity contribution in [2.45, 2.75) is 19.1 Å². The van der Waals surface area contributed by atoms with Crippen molar-refractivity contribution in [2.75, 3.05) is 13.7 Å². The highest BCUT2D eigenvalue weighted by atomic mass is 16.6. The second-order valence-corrected chi connectivity index (χ2v) is 4.17. The minimum Gasteiger partial charge on any atom is -0.485 e. The van der Waals surface area contributed by atoms with Crippen LogP contribution in [-0.4, -0.2) is 30.9 Å². The molecule has 0 radical (unpaired) electrons. The zero-order valence-corrected chi connectivity index (χ0v) is 10.7. The van der Waals surface area contributed by atoms with Gasteiger partial charge in [-0.05, 0) is 24.1 Å². The summed E-state index contributed by atoms with van der Waals surface area (Å²) in [6.07, 6.45) is 1.52. The monoisotopic (exact) mass is 264 g/mol. The van der Waals surface area contributed by atoms with Crippen LogP contribution in [0.3, 0.4) is 0 Å². The minimum atomic E-state index is -0.763. The van der Waals surface area contributed by atoms with Crippen molar-refractivity contribution in [1.29, 1.82) is 0 Å². The first-order chi connectivity index (χ1) is 9.19. The molecule has 0 saturated carbocycles. The Bertz CT molecular complexity index is 495. The number of aliphatic hydroxyl groups excluding tert-OH is 1. The first-order valence-electron chi connectivity index (χ1n) is 5.94. The molecule has 102 valence electrons. The van der Waals surface area contributed by atoms with Crippen LogP contribution in [0, 0.1) is 0 Å². The van der Waals surface area contributed by atoms with Gasteiger partial charge in [-0.25, -0.2) is 4.79 Å². The largest absolute Gasteiger partial charge is 0.485 e. The molecule has 5 nitrogen and oxygen atoms in total. The molecule has 0 aliphatic carbocycles. The number of carbonyl (C=O) groups is 1. The third-order valence-corrected chi connectivity index (χ3v) is 2.85. The minimum absolute atomic E-state index is 0.0821. The van der Waals surface area contributed by atoms with E-state index in [0.717, 1.165) is 11.1 Å². The van der Waals surface area contributed by atoms with Crippen LogP contribution in [0.4, 0.5) is 0 Å². The van der Waals surface area contributed by atoms with Gasteiger partial charge in [0.2, 0.25) is 6.10 Å². The highest BCUT2D eigenvalue weighted by Gasteiger charge is 2.30. The van der Waals surface area contributed by atoms with Crippen LogP contribution in [0.1, 0.15) is 11.1 Å². The van der Waals surface area contributed by atoms with E-state index in [0.29, 0.717) is 17.9 Å². The van der Waals surface area contributed by atoms with Gasteiger partial charge in [0.05, 0.1) is 13.7 Å². The fourth-order valence-corrected chi connectivity index (χ4v) is 1.95. The molecule has 0 spiro atoms. The average Bonchev–Trinajstić information content (AvgIpc) is 2.46. The smallest absolute Gasteiger partial charge is 0.350 e. The van der Waals surface area contributed by atoms with E-state index < -0.39 is 12.1 Å². The highest BCUT2D eigenvalue weighted by molar-refractivity contribution is 5.76. The summed E-state index contributed by atoms with van der Waals surface area (Å²) in [6.45, 7) is 3.70. The highest BCUT2D eigenvalue weighted by Crippen LogP contribution is 2.37. The molecule has 19 heavy (non-hydrogen) atoms. The van der Waals surface area contributed by atoms with Gasteiger partial charge in [-0.15, -0.1) is 6.58 Å². The number of carbonyl (C=O) groups excluding carboxylic acids is 1. The lowest BCUT2D eigenvalue weighted by Crippen LogP contribution is -2.37. The molecule has 1 atom stereocenters. The Balaban J connectivity index is 2.36. The Hall–Kier alpha value is -2.01. The Kier molecular flexibility index (Phi) is 4.06. The molecule has 0 bridgehead atoms. The number of hydrogen-bond acceptors (Lipinski definition) is 5. The second-order valence-electron chi connectivity index (χ2n) is 4.17. The van der Waals surface area contributed by atoms with E-state index in [1.165, 1.54) is 7.11 Å². The van der Waals surface area contributed by atoms with Crippen molar-refractivity contribution in [1.82, 2.24) is 0 Å². The molecule has 1 N–H and O–H groups in total. The SMILES string of the molecule is C=CCc1cc(CO)cc2c1OC(C(=O)OC)CO2. The quantitative estimate of drug-likeness (QED) is 0.654. The molecule has 1 unspecified atom stereocenters. The number of hydrogen-bond donors (Lipinski definition) is 1. The summed E-state index contributed by atoms with van der Waals surface area (Å²) in [5, 5.41) is 9.21. The predicted molar refractivity (Wildman–Crippen MR) is 68.2 cm³/mol. The van der Waals surface area contributed by atoms with Gasteiger partial charge in [-0.1, -0.05) is 6.08 Å². The summed E-state index contributed by atoms with van der Waals surface area (Å²) in [6, 6.07) is 3.51. The number of esters is 1. The van der Waals surface area contributed by atoms with E-state index in [-0.39, 0.29) is 13.2 Å². The molecule has 0 fully saturated rings. The van der Waals surface area contributed by atoms with Crippen LogP contribution in [0.25, 0.3) is 0 Å². The molecule has 0 aromatic heterocycles. The van der Waals surface area contributed by atoms with Crippen molar-refractivity contribution < 1.29 is 24.1 Å². The average molecular weight is 264 g/mol. The lowest BCUT2D eigenvalue weighted by Gasteiger charge is -2.27. The number of rotatable bonds is 4. The van der Waals surface area contributed by atoms with E-state index in [2.05, 4.69) is 11.3 Å². The number of methoxy groups -OCH3 is 1. The number of fused-ring (bicyclic) bond motifs is 1. The van der Waals surface area contributed by atoms with Crippen molar-refractivity contribution >= 4 is 5.97 Å². The van der Waals surface area contributed by atoms with Crippen LogP contribution in [0.5, 0.6) is 11.5 Å². The molecule has 0 amide bonds. The molecule has 2 rings (SSSR count). The number of aliphatic hydroxyl groups is 1. The molecule has 5 heteroatoms. The summed E-state index contributed by atoms with van der Waals surface area (Å²) in [4.78, 5) is 11.5. The van der Waals surface area contributed by atoms with Gasteiger partial charge in [0.15, 0.2) is 11.5 Å². The van der Waals surface area contributed by atoms with Crippen molar-refractivity contribution in [3.8, 4) is 11.5 Å². The molecular formula is C14H16O5. The second kappa shape index (κ2) is 5.75. The fraction of sp³-hybridized carbons (Fsp3) is 0.357. The van der Waals surface area contributed by atoms with Gasteiger partial charge in [0, 0.05) is 5.56 Å². The zero-order valence-electron chi connectivity index (χ0n) is 10.7. The van der Waals surface area contributed by atoms with Gasteiger partial charge in [-0.3, -0.25) is 0 Å². The van der Waals surface area contributed by atoms with E-state index in [4.69, 9.17) is 9.47 Å². The van der Waals surface area contributed by atoms with E-state index in [1.54, 1.807) is 12.1 Å². The van der Waals surface area contributed by atoms with Gasteiger partial charge in [0.1, 0.15) is 6.61 Å². The molecule has 1 aliphatic heterocycles. The van der Waals surface area contributed by atoms with E-state index >= 15 is 0 Å². The van der Waals surface area contributed by atoms with Gasteiger partial charge in [0.25, 0.3) is 0 Å². The molecule has 1 aromatic rings. The maximum absolute atomic E-state index is 11.5. The summed E-state index contributed by atoms with van der Waals surface area (Å²) >= 11 is 0. The third kappa shape index (κ3) is 2.71. The van der Waals surface area contributed by atoms with E-state index in [1.807, 2.05) is 6.07 Å². The zero-order chi connectivity index (χ0) is 13.8. The Labute approximate surface area is 111 Å². The van der Waals surface area contributed by atoms with Crippen molar-refractivity contribution in [3.05, 3.63) is 35.9 Å². The fourth-order valence-electron chi connectivity index (χ4n) is 1.95. The van der Waals surface area contributed by atoms with Crippen LogP contribution in [0.2, 0.25) is 0 Å². The van der Waals surface area contributed by atoms with Crippen LogP contribution in [-0.2, 0) is 22.6 Å². The Morgan fingerprint density at radius 2 is 2.42 bits per heavy atom. The van der Waals surface area contributed by atoms with Crippen molar-refractivity contribution in [3.63, 3.8) is 0 Å². The summed E-state index contributed by atoms with van der Waals surface area (Å²) in [5.41, 5.74) is 1.56.